The van der Waals surface area contributed by atoms with Crippen LogP contribution in [-0.4, -0.2) is 37.8 Å². The predicted molar refractivity (Wildman–Crippen MR) is 70.6 cm³/mol. The van der Waals surface area contributed by atoms with Crippen LogP contribution in [0.2, 0.25) is 0 Å². The number of rotatable bonds is 4. The number of ether oxygens (including phenoxy) is 1. The molecular weight excluding hydrogens is 306 g/mol. The molecule has 1 heterocycles. The molecule has 0 aliphatic carbocycles. The molecule has 0 bridgehead atoms. The number of carbonyl (C=O) groups is 2. The maximum Gasteiger partial charge on any atom is 0.327 e. The maximum atomic E-state index is 12.1. The van der Waals surface area contributed by atoms with Crippen molar-refractivity contribution in [2.24, 2.45) is 0 Å². The molecule has 0 N–H and O–H groups in total. The monoisotopic (exact) mass is 315 g/mol. The number of sulfonamides is 1. The van der Waals surface area contributed by atoms with Gasteiger partial charge in [-0.2, -0.15) is 0 Å². The van der Waals surface area contributed by atoms with E-state index >= 15 is 0 Å². The van der Waals surface area contributed by atoms with Gasteiger partial charge in [-0.25, -0.2) is 12.7 Å². The average Bonchev–Trinajstić information content (AvgIpc) is 2.58. The van der Waals surface area contributed by atoms with Crippen LogP contribution in [0.15, 0.2) is 40.8 Å². The third-order valence-electron chi connectivity index (χ3n) is 2.57. The first-order chi connectivity index (χ1) is 9.34. The number of carbonyl (C=O) groups excluding carboxylic acids is 2. The summed E-state index contributed by atoms with van der Waals surface area (Å²) in [7, 11) is -4.00. The second kappa shape index (κ2) is 5.26. The average molecular weight is 316 g/mol. The van der Waals surface area contributed by atoms with Crippen molar-refractivity contribution in [1.29, 1.82) is 0 Å². The maximum absolute atomic E-state index is 12.1. The number of fused-ring (bicyclic) bond motifs is 1. The Morgan fingerprint density at radius 1 is 1.35 bits per heavy atom. The molecule has 0 spiro atoms. The van der Waals surface area contributed by atoms with E-state index in [4.69, 9.17) is 11.6 Å². The topological polar surface area (TPSA) is 80.8 Å². The molecule has 0 saturated heterocycles. The quantitative estimate of drug-likeness (QED) is 0.778. The zero-order chi connectivity index (χ0) is 14.9. The van der Waals surface area contributed by atoms with E-state index in [0.29, 0.717) is 4.31 Å². The first-order valence-corrected chi connectivity index (χ1v) is 7.31. The summed E-state index contributed by atoms with van der Waals surface area (Å²) >= 11 is 5.43. The number of benzene rings is 1. The van der Waals surface area contributed by atoms with Gasteiger partial charge in [0.25, 0.3) is 15.9 Å². The molecule has 0 fully saturated rings. The Morgan fingerprint density at radius 3 is 2.60 bits per heavy atom. The summed E-state index contributed by atoms with van der Waals surface area (Å²) < 4.78 is 29.4. The third-order valence-corrected chi connectivity index (χ3v) is 4.47. The fourth-order valence-electron chi connectivity index (χ4n) is 1.71. The molecule has 0 atom stereocenters. The van der Waals surface area contributed by atoms with Gasteiger partial charge >= 0.3 is 5.97 Å². The summed E-state index contributed by atoms with van der Waals surface area (Å²) in [5.74, 6) is -1.63. The fourth-order valence-corrected chi connectivity index (χ4v) is 3.28. The van der Waals surface area contributed by atoms with Crippen molar-refractivity contribution in [3.63, 3.8) is 0 Å². The molecule has 0 radical (unpaired) electrons. The minimum absolute atomic E-state index is 0.0436. The standard InChI is InChI=1S/C12H10ClNO5S/c1-8(13)7-19-11(15)6-14-12(16)9-4-2-3-5-10(9)20(14,17)18/h2-5H,1,6-7H2. The normalized spacial score (nSPS) is 15.8. The minimum atomic E-state index is -4.00. The van der Waals surface area contributed by atoms with Gasteiger partial charge in [0, 0.05) is 5.03 Å². The molecule has 8 heteroatoms. The summed E-state index contributed by atoms with van der Waals surface area (Å²) in [6.07, 6.45) is 0. The lowest BCUT2D eigenvalue weighted by molar-refractivity contribution is -0.142. The van der Waals surface area contributed by atoms with Gasteiger partial charge in [0.1, 0.15) is 18.0 Å². The van der Waals surface area contributed by atoms with E-state index in [1.54, 1.807) is 6.07 Å². The number of hydrogen-bond acceptors (Lipinski definition) is 5. The van der Waals surface area contributed by atoms with Crippen LogP contribution >= 0.6 is 11.6 Å². The van der Waals surface area contributed by atoms with E-state index in [0.717, 1.165) is 0 Å². The first-order valence-electron chi connectivity index (χ1n) is 5.49. The fraction of sp³-hybridized carbons (Fsp3) is 0.167. The molecule has 1 aliphatic rings. The zero-order valence-corrected chi connectivity index (χ0v) is 11.8. The summed E-state index contributed by atoms with van der Waals surface area (Å²) in [5, 5.41) is 0.0947. The van der Waals surface area contributed by atoms with Crippen LogP contribution in [0.4, 0.5) is 0 Å². The number of halogens is 1. The molecule has 0 unspecified atom stereocenters. The third kappa shape index (κ3) is 2.54. The highest BCUT2D eigenvalue weighted by molar-refractivity contribution is 7.90. The van der Waals surface area contributed by atoms with Crippen molar-refractivity contribution in [3.8, 4) is 0 Å². The second-order valence-corrected chi connectivity index (χ2v) is 6.36. The van der Waals surface area contributed by atoms with Crippen LogP contribution in [0, 0.1) is 0 Å². The van der Waals surface area contributed by atoms with E-state index in [-0.39, 0.29) is 22.1 Å². The molecule has 6 nitrogen and oxygen atoms in total. The predicted octanol–water partition coefficient (Wildman–Crippen LogP) is 1.13. The smallest absolute Gasteiger partial charge is 0.327 e. The lowest BCUT2D eigenvalue weighted by Crippen LogP contribution is -2.35. The summed E-state index contributed by atoms with van der Waals surface area (Å²) in [5.41, 5.74) is 0.0436. The molecule has 0 saturated carbocycles. The Hall–Kier alpha value is -1.86. The number of hydrogen-bond donors (Lipinski definition) is 0. The van der Waals surface area contributed by atoms with Gasteiger partial charge in [0.15, 0.2) is 0 Å². The second-order valence-electron chi connectivity index (χ2n) is 3.99. The van der Waals surface area contributed by atoms with Crippen LogP contribution in [0.3, 0.4) is 0 Å². The SMILES string of the molecule is C=C(Cl)COC(=O)CN1C(=O)c2ccccc2S1(=O)=O. The highest BCUT2D eigenvalue weighted by Gasteiger charge is 2.42. The van der Waals surface area contributed by atoms with Crippen LogP contribution < -0.4 is 0 Å². The van der Waals surface area contributed by atoms with Crippen LogP contribution in [-0.2, 0) is 19.6 Å². The van der Waals surface area contributed by atoms with Crippen molar-refractivity contribution in [2.75, 3.05) is 13.2 Å². The molecule has 1 amide bonds. The molecule has 2 rings (SSSR count). The van der Waals surface area contributed by atoms with E-state index in [2.05, 4.69) is 11.3 Å². The van der Waals surface area contributed by atoms with Crippen LogP contribution in [0.25, 0.3) is 0 Å². The highest BCUT2D eigenvalue weighted by Crippen LogP contribution is 2.29. The van der Waals surface area contributed by atoms with E-state index in [9.17, 15) is 18.0 Å². The van der Waals surface area contributed by atoms with Crippen molar-refractivity contribution in [2.45, 2.75) is 4.90 Å². The van der Waals surface area contributed by atoms with E-state index in [1.165, 1.54) is 18.2 Å². The first kappa shape index (κ1) is 14.5. The zero-order valence-electron chi connectivity index (χ0n) is 10.2. The van der Waals surface area contributed by atoms with Gasteiger partial charge < -0.3 is 4.74 Å². The van der Waals surface area contributed by atoms with Crippen LogP contribution in [0.1, 0.15) is 10.4 Å². The lowest BCUT2D eigenvalue weighted by Gasteiger charge is -2.13. The number of esters is 1. The van der Waals surface area contributed by atoms with Gasteiger partial charge in [0.2, 0.25) is 0 Å². The van der Waals surface area contributed by atoms with Crippen molar-refractivity contribution in [3.05, 3.63) is 41.4 Å². The largest absolute Gasteiger partial charge is 0.459 e. The summed E-state index contributed by atoms with van der Waals surface area (Å²) in [6, 6.07) is 5.75. The molecule has 0 aromatic heterocycles. The van der Waals surface area contributed by atoms with Crippen LogP contribution in [0.5, 0.6) is 0 Å². The van der Waals surface area contributed by atoms with Gasteiger partial charge in [-0.15, -0.1) is 0 Å². The van der Waals surface area contributed by atoms with Gasteiger partial charge in [0.05, 0.1) is 5.56 Å². The number of amides is 1. The van der Waals surface area contributed by atoms with E-state index in [1.807, 2.05) is 0 Å². The van der Waals surface area contributed by atoms with Crippen molar-refractivity contribution >= 4 is 33.5 Å². The highest BCUT2D eigenvalue weighted by atomic mass is 35.5. The summed E-state index contributed by atoms with van der Waals surface area (Å²) in [4.78, 5) is 23.4. The van der Waals surface area contributed by atoms with Crippen molar-refractivity contribution < 1.29 is 22.7 Å². The molecule has 1 aromatic rings. The Morgan fingerprint density at radius 2 is 2.00 bits per heavy atom. The van der Waals surface area contributed by atoms with Gasteiger partial charge in [-0.1, -0.05) is 30.3 Å². The Bertz CT molecular complexity index is 698. The van der Waals surface area contributed by atoms with Crippen molar-refractivity contribution in [1.82, 2.24) is 4.31 Å². The molecular formula is C12H10ClNO5S. The molecule has 106 valence electrons. The lowest BCUT2D eigenvalue weighted by atomic mass is 10.2. The minimum Gasteiger partial charge on any atom is -0.459 e. The van der Waals surface area contributed by atoms with Gasteiger partial charge in [-0.3, -0.25) is 9.59 Å². The van der Waals surface area contributed by atoms with E-state index < -0.39 is 28.4 Å². The molecule has 1 aromatic carbocycles. The Labute approximate surface area is 120 Å². The summed E-state index contributed by atoms with van der Waals surface area (Å²) in [6.45, 7) is 2.39. The molecule has 20 heavy (non-hydrogen) atoms. The Balaban J connectivity index is 2.21. The molecule has 1 aliphatic heterocycles. The number of nitrogens with zero attached hydrogens (tertiary/aromatic N) is 1. The Kier molecular flexibility index (Phi) is 3.82. The van der Waals surface area contributed by atoms with Gasteiger partial charge in [-0.05, 0) is 12.1 Å².